The van der Waals surface area contributed by atoms with Crippen LogP contribution in [0.15, 0.2) is 29.5 Å². The second-order valence-corrected chi connectivity index (χ2v) is 10.3. The molecule has 3 fully saturated rings. The zero-order chi connectivity index (χ0) is 21.7. The zero-order valence-electron chi connectivity index (χ0n) is 18.9. The summed E-state index contributed by atoms with van der Waals surface area (Å²) in [4.78, 5) is 19.3. The van der Waals surface area contributed by atoms with Crippen LogP contribution in [0.2, 0.25) is 0 Å². The smallest absolute Gasteiger partial charge is 0.223 e. The number of aromatic nitrogens is 1. The van der Waals surface area contributed by atoms with Gasteiger partial charge in [0.15, 0.2) is 0 Å². The molecule has 1 aromatic carbocycles. The van der Waals surface area contributed by atoms with Gasteiger partial charge in [-0.15, -0.1) is 10.6 Å². The van der Waals surface area contributed by atoms with Crippen LogP contribution in [-0.4, -0.2) is 34.2 Å². The van der Waals surface area contributed by atoms with Crippen molar-refractivity contribution in [3.05, 3.63) is 35.5 Å². The van der Waals surface area contributed by atoms with Gasteiger partial charge in [0.05, 0.1) is 0 Å². The molecule has 2 aliphatic carbocycles. The van der Waals surface area contributed by atoms with Gasteiger partial charge in [-0.25, -0.2) is 5.53 Å². The lowest BCUT2D eigenvalue weighted by Gasteiger charge is -2.47. The van der Waals surface area contributed by atoms with Crippen LogP contribution < -0.4 is 16.5 Å². The summed E-state index contributed by atoms with van der Waals surface area (Å²) < 4.78 is 0. The number of amidine groups is 1. The van der Waals surface area contributed by atoms with E-state index in [1.807, 2.05) is 0 Å². The topological polar surface area (TPSA) is 84.6 Å². The third-order valence-electron chi connectivity index (χ3n) is 8.25. The van der Waals surface area contributed by atoms with Crippen molar-refractivity contribution in [2.45, 2.75) is 76.2 Å². The number of benzene rings is 1. The summed E-state index contributed by atoms with van der Waals surface area (Å²) in [6, 6.07) is 6.96. The number of piperidine rings is 1. The maximum atomic E-state index is 13.6. The van der Waals surface area contributed by atoms with Gasteiger partial charge in [0, 0.05) is 42.0 Å². The summed E-state index contributed by atoms with van der Waals surface area (Å²) in [6.45, 7) is 3.13. The van der Waals surface area contributed by atoms with Crippen LogP contribution in [0.1, 0.15) is 81.3 Å². The number of hydrogen-bond acceptors (Lipinski definition) is 5. The molecular formula is C25H34N6O. The number of amides is 1. The molecule has 1 saturated heterocycles. The Balaban J connectivity index is 1.21. The number of fused-ring (bicyclic) bond motifs is 2. The van der Waals surface area contributed by atoms with E-state index in [0.29, 0.717) is 36.1 Å². The molecule has 6 rings (SSSR count). The standard InChI is InChI=1S/C25H34N6O/c1-15(20-14-26-21-8-2-5-17(24(20)21)16-10-11-16)13-23(32)31-12-4-7-18-19(6-3-9-22(18)31)25-27-29-30-28-25/h2,5,8,14-16,18-19,22,26,29-30H,3-4,6-7,9-13H2,1H3,(H,27,28). The Morgan fingerprint density at radius 1 is 1.19 bits per heavy atom. The Morgan fingerprint density at radius 2 is 2.09 bits per heavy atom. The summed E-state index contributed by atoms with van der Waals surface area (Å²) in [5, 5.41) is 5.77. The fourth-order valence-corrected chi connectivity index (χ4v) is 6.57. The van der Waals surface area contributed by atoms with Crippen molar-refractivity contribution in [3.63, 3.8) is 0 Å². The first-order valence-electron chi connectivity index (χ1n) is 12.4. The molecule has 32 heavy (non-hydrogen) atoms. The minimum absolute atomic E-state index is 0.213. The summed E-state index contributed by atoms with van der Waals surface area (Å²) in [5.41, 5.74) is 12.9. The third kappa shape index (κ3) is 3.47. The van der Waals surface area contributed by atoms with Crippen LogP contribution in [0.5, 0.6) is 0 Å². The molecule has 2 aromatic rings. The summed E-state index contributed by atoms with van der Waals surface area (Å²) >= 11 is 0. The van der Waals surface area contributed by atoms with Gasteiger partial charge in [0.1, 0.15) is 5.84 Å². The molecule has 7 nitrogen and oxygen atoms in total. The highest BCUT2D eigenvalue weighted by Gasteiger charge is 2.43. The first-order chi connectivity index (χ1) is 15.7. The predicted octanol–water partition coefficient (Wildman–Crippen LogP) is 3.87. The second kappa shape index (κ2) is 8.10. The van der Waals surface area contributed by atoms with E-state index in [1.165, 1.54) is 41.3 Å². The molecule has 4 aliphatic rings. The number of rotatable bonds is 5. The number of H-pyrrole nitrogens is 1. The third-order valence-corrected chi connectivity index (χ3v) is 8.25. The number of carbonyl (C=O) groups is 1. The largest absolute Gasteiger partial charge is 0.361 e. The molecule has 2 saturated carbocycles. The Labute approximate surface area is 189 Å². The Hall–Kier alpha value is -2.54. The summed E-state index contributed by atoms with van der Waals surface area (Å²) in [6.07, 6.45) is 11.0. The van der Waals surface area contributed by atoms with Crippen LogP contribution in [0, 0.1) is 11.8 Å². The first-order valence-corrected chi connectivity index (χ1v) is 12.4. The van der Waals surface area contributed by atoms with Gasteiger partial charge in [-0.1, -0.05) is 25.5 Å². The number of aromatic amines is 1. The van der Waals surface area contributed by atoms with E-state index in [2.05, 4.69) is 62.8 Å². The van der Waals surface area contributed by atoms with Crippen molar-refractivity contribution in [2.75, 3.05) is 6.54 Å². The number of carbonyl (C=O) groups excluding carboxylic acids is 1. The van der Waals surface area contributed by atoms with Crippen molar-refractivity contribution < 1.29 is 4.79 Å². The predicted molar refractivity (Wildman–Crippen MR) is 126 cm³/mol. The zero-order valence-corrected chi connectivity index (χ0v) is 18.9. The maximum Gasteiger partial charge on any atom is 0.223 e. The van der Waals surface area contributed by atoms with Crippen LogP contribution in [0.4, 0.5) is 0 Å². The number of hydrogen-bond donors (Lipinski definition) is 4. The molecule has 0 radical (unpaired) electrons. The van der Waals surface area contributed by atoms with Crippen LogP contribution in [-0.2, 0) is 4.79 Å². The van der Waals surface area contributed by atoms with Crippen molar-refractivity contribution in [2.24, 2.45) is 16.9 Å². The van der Waals surface area contributed by atoms with Gasteiger partial charge in [0.2, 0.25) is 5.91 Å². The number of likely N-dealkylation sites (tertiary alicyclic amines) is 1. The summed E-state index contributed by atoms with van der Waals surface area (Å²) in [7, 11) is 0. The van der Waals surface area contributed by atoms with Crippen molar-refractivity contribution in [1.29, 1.82) is 0 Å². The normalized spacial score (nSPS) is 28.6. The molecule has 4 unspecified atom stereocenters. The molecule has 0 bridgehead atoms. The molecular weight excluding hydrogens is 400 g/mol. The van der Waals surface area contributed by atoms with Crippen molar-refractivity contribution in [3.8, 4) is 0 Å². The quantitative estimate of drug-likeness (QED) is 0.576. The molecule has 1 aromatic heterocycles. The Kier molecular flexibility index (Phi) is 5.09. The van der Waals surface area contributed by atoms with Crippen molar-refractivity contribution >= 4 is 22.6 Å². The second-order valence-electron chi connectivity index (χ2n) is 10.3. The minimum atomic E-state index is 0.213. The average molecular weight is 435 g/mol. The number of nitrogens with zero attached hydrogens (tertiary/aromatic N) is 2. The van der Waals surface area contributed by atoms with Crippen LogP contribution in [0.25, 0.3) is 10.9 Å². The van der Waals surface area contributed by atoms with Gasteiger partial charge in [-0.2, -0.15) is 0 Å². The van der Waals surface area contributed by atoms with E-state index < -0.39 is 0 Å². The van der Waals surface area contributed by atoms with E-state index in [0.717, 1.165) is 38.1 Å². The SMILES string of the molecule is CC(CC(=O)N1CCCC2C(C3=NNNN3)CCCC21)c1c[nH]c2cccc(C3CC3)c12. The van der Waals surface area contributed by atoms with E-state index in [1.54, 1.807) is 0 Å². The molecule has 3 heterocycles. The molecule has 170 valence electrons. The molecule has 4 atom stereocenters. The average Bonchev–Trinajstić information content (AvgIpc) is 3.33. The molecule has 2 aliphatic heterocycles. The van der Waals surface area contributed by atoms with Crippen LogP contribution >= 0.6 is 0 Å². The fraction of sp³-hybridized carbons (Fsp3) is 0.600. The van der Waals surface area contributed by atoms with Gasteiger partial charge >= 0.3 is 0 Å². The highest BCUT2D eigenvalue weighted by Crippen LogP contribution is 2.45. The Morgan fingerprint density at radius 3 is 2.91 bits per heavy atom. The van der Waals surface area contributed by atoms with Crippen LogP contribution in [0.3, 0.4) is 0 Å². The highest BCUT2D eigenvalue weighted by molar-refractivity contribution is 5.89. The summed E-state index contributed by atoms with van der Waals surface area (Å²) in [5.74, 6) is 3.15. The molecule has 7 heteroatoms. The van der Waals surface area contributed by atoms with Gasteiger partial charge < -0.3 is 9.88 Å². The fourth-order valence-electron chi connectivity index (χ4n) is 6.57. The Bertz CT molecular complexity index is 1040. The first kappa shape index (κ1) is 20.1. The van der Waals surface area contributed by atoms with Crippen molar-refractivity contribution in [1.82, 2.24) is 26.4 Å². The molecule has 1 amide bonds. The molecule has 0 spiro atoms. The van der Waals surface area contributed by atoms with Gasteiger partial charge in [-0.05, 0) is 73.5 Å². The lowest BCUT2D eigenvalue weighted by atomic mass is 9.70. The lowest BCUT2D eigenvalue weighted by Crippen LogP contribution is -2.54. The lowest BCUT2D eigenvalue weighted by molar-refractivity contribution is -0.138. The molecule has 4 N–H and O–H groups in total. The van der Waals surface area contributed by atoms with Gasteiger partial charge in [0.25, 0.3) is 0 Å². The van der Waals surface area contributed by atoms with E-state index in [9.17, 15) is 4.79 Å². The minimum Gasteiger partial charge on any atom is -0.361 e. The van der Waals surface area contributed by atoms with E-state index in [-0.39, 0.29) is 5.92 Å². The number of hydrazone groups is 1. The van der Waals surface area contributed by atoms with E-state index >= 15 is 0 Å². The van der Waals surface area contributed by atoms with Gasteiger partial charge in [-0.3, -0.25) is 10.2 Å². The number of hydrazine groups is 2. The highest BCUT2D eigenvalue weighted by atomic mass is 16.2. The monoisotopic (exact) mass is 434 g/mol. The maximum absolute atomic E-state index is 13.6. The number of nitrogens with one attached hydrogen (secondary N) is 4. The van der Waals surface area contributed by atoms with E-state index in [4.69, 9.17) is 0 Å².